The van der Waals surface area contributed by atoms with Gasteiger partial charge in [0.2, 0.25) is 5.75 Å². The fourth-order valence-corrected chi connectivity index (χ4v) is 5.03. The molecule has 176 valence electrons. The summed E-state index contributed by atoms with van der Waals surface area (Å²) in [6.45, 7) is 2.24. The van der Waals surface area contributed by atoms with Crippen LogP contribution < -0.4 is 4.74 Å². The number of hydrogen-bond acceptors (Lipinski definition) is 1. The van der Waals surface area contributed by atoms with E-state index in [2.05, 4.69) is 29.6 Å². The molecule has 0 amide bonds. The van der Waals surface area contributed by atoms with Crippen LogP contribution in [-0.2, 0) is 0 Å². The van der Waals surface area contributed by atoms with E-state index < -0.39 is 23.7 Å². The molecule has 32 heavy (non-hydrogen) atoms. The lowest BCUT2D eigenvalue weighted by Gasteiger charge is -2.26. The van der Waals surface area contributed by atoms with Gasteiger partial charge in [0.05, 0.1) is 0 Å². The van der Waals surface area contributed by atoms with Crippen molar-refractivity contribution in [2.45, 2.75) is 83.4 Å². The van der Waals surface area contributed by atoms with Crippen molar-refractivity contribution in [1.82, 2.24) is 0 Å². The summed E-state index contributed by atoms with van der Waals surface area (Å²) in [5.74, 6) is 4.07. The summed E-state index contributed by atoms with van der Waals surface area (Å²) in [4.78, 5) is 0. The molecule has 1 aromatic rings. The minimum absolute atomic E-state index is 0.0918. The molecule has 6 heteroatoms. The van der Waals surface area contributed by atoms with Gasteiger partial charge in [0, 0.05) is 5.92 Å². The Hall–Kier alpha value is -2.03. The second-order valence-electron chi connectivity index (χ2n) is 9.13. The molecule has 2 saturated carbocycles. The SMILES string of the molecule is CCC[C@H]1CC[C@H](C=CC#C[C@H]2CC[C@H](c3cc(F)c(OC(F)(F)F)c(F)c3)CC2)CC1. The van der Waals surface area contributed by atoms with Crippen molar-refractivity contribution in [1.29, 1.82) is 0 Å². The molecule has 0 heterocycles. The quantitative estimate of drug-likeness (QED) is 0.321. The molecular formula is C26H31F5O. The zero-order valence-electron chi connectivity index (χ0n) is 18.5. The van der Waals surface area contributed by atoms with E-state index >= 15 is 0 Å². The van der Waals surface area contributed by atoms with Gasteiger partial charge in [-0.3, -0.25) is 0 Å². The van der Waals surface area contributed by atoms with Crippen molar-refractivity contribution in [2.75, 3.05) is 0 Å². The van der Waals surface area contributed by atoms with Crippen LogP contribution in [0.15, 0.2) is 24.3 Å². The smallest absolute Gasteiger partial charge is 0.399 e. The van der Waals surface area contributed by atoms with Gasteiger partial charge in [0.15, 0.2) is 11.6 Å². The minimum atomic E-state index is -5.14. The first kappa shape index (κ1) is 24.6. The van der Waals surface area contributed by atoms with Crippen molar-refractivity contribution in [2.24, 2.45) is 17.8 Å². The third-order valence-electron chi connectivity index (χ3n) is 6.76. The summed E-state index contributed by atoms with van der Waals surface area (Å²) >= 11 is 0. The summed E-state index contributed by atoms with van der Waals surface area (Å²) in [5.41, 5.74) is 0.375. The average molecular weight is 455 g/mol. The highest BCUT2D eigenvalue weighted by Gasteiger charge is 2.34. The molecule has 0 unspecified atom stereocenters. The lowest BCUT2D eigenvalue weighted by molar-refractivity contribution is -0.276. The Kier molecular flexibility index (Phi) is 8.62. The number of allylic oxidation sites excluding steroid dienone is 2. The molecule has 0 radical (unpaired) electrons. The zero-order chi connectivity index (χ0) is 23.1. The van der Waals surface area contributed by atoms with Crippen molar-refractivity contribution >= 4 is 0 Å². The van der Waals surface area contributed by atoms with Gasteiger partial charge in [-0.2, -0.15) is 0 Å². The number of halogens is 5. The first-order valence-corrected chi connectivity index (χ1v) is 11.7. The number of hydrogen-bond donors (Lipinski definition) is 0. The van der Waals surface area contributed by atoms with Gasteiger partial charge in [-0.15, -0.1) is 13.2 Å². The largest absolute Gasteiger partial charge is 0.573 e. The first-order valence-electron chi connectivity index (χ1n) is 11.7. The lowest BCUT2D eigenvalue weighted by atomic mass is 9.79. The maximum atomic E-state index is 14.0. The monoisotopic (exact) mass is 454 g/mol. The van der Waals surface area contributed by atoms with E-state index in [1.807, 2.05) is 6.08 Å². The van der Waals surface area contributed by atoms with Crippen LogP contribution in [-0.4, -0.2) is 6.36 Å². The molecule has 2 aliphatic rings. The van der Waals surface area contributed by atoms with Gasteiger partial charge in [-0.05, 0) is 92.9 Å². The van der Waals surface area contributed by atoms with E-state index in [1.54, 1.807) is 0 Å². The molecule has 2 fully saturated rings. The molecule has 0 atom stereocenters. The predicted octanol–water partition coefficient (Wildman–Crippen LogP) is 8.30. The Bertz CT molecular complexity index is 809. The first-order chi connectivity index (χ1) is 15.2. The molecule has 0 N–H and O–H groups in total. The molecule has 1 nitrogen and oxygen atoms in total. The molecule has 0 saturated heterocycles. The van der Waals surface area contributed by atoms with E-state index in [1.165, 1.54) is 38.5 Å². The topological polar surface area (TPSA) is 9.23 Å². The third-order valence-corrected chi connectivity index (χ3v) is 6.76. The molecule has 1 aromatic carbocycles. The minimum Gasteiger partial charge on any atom is -0.399 e. The molecule has 3 rings (SSSR count). The Morgan fingerprint density at radius 2 is 1.59 bits per heavy atom. The highest BCUT2D eigenvalue weighted by Crippen LogP contribution is 2.38. The molecule has 0 bridgehead atoms. The normalized spacial score (nSPS) is 26.6. The van der Waals surface area contributed by atoms with Crippen LogP contribution in [0.1, 0.15) is 82.6 Å². The summed E-state index contributed by atoms with van der Waals surface area (Å²) in [5, 5.41) is 0. The maximum Gasteiger partial charge on any atom is 0.573 e. The third kappa shape index (κ3) is 7.25. The highest BCUT2D eigenvalue weighted by atomic mass is 19.4. The Balaban J connectivity index is 1.48. The second kappa shape index (κ2) is 11.2. The van der Waals surface area contributed by atoms with E-state index in [9.17, 15) is 22.0 Å². The van der Waals surface area contributed by atoms with Crippen LogP contribution in [0.2, 0.25) is 0 Å². The standard InChI is InChI=1S/C26H31F5O/c1-2-5-18-8-10-19(11-9-18)6-3-4-7-20-12-14-21(15-13-20)22-16-23(27)25(24(28)17-22)32-26(29,30)31/h3,6,16-21H,2,5,8-15H2,1H3/t18-,19-,20-,21-. The van der Waals surface area contributed by atoms with Gasteiger partial charge in [0.1, 0.15) is 0 Å². The molecule has 0 spiro atoms. The van der Waals surface area contributed by atoms with Crippen molar-refractivity contribution in [3.05, 3.63) is 41.5 Å². The number of ether oxygens (including phenoxy) is 1. The van der Waals surface area contributed by atoms with Crippen LogP contribution in [0.25, 0.3) is 0 Å². The van der Waals surface area contributed by atoms with Crippen LogP contribution >= 0.6 is 0 Å². The van der Waals surface area contributed by atoms with E-state index in [-0.39, 0.29) is 11.8 Å². The number of rotatable bonds is 5. The van der Waals surface area contributed by atoms with Crippen molar-refractivity contribution < 1.29 is 26.7 Å². The summed E-state index contributed by atoms with van der Waals surface area (Å²) in [6.07, 6.45) is 9.78. The van der Waals surface area contributed by atoms with E-state index in [0.717, 1.165) is 30.9 Å². The molecular weight excluding hydrogens is 423 g/mol. The maximum absolute atomic E-state index is 14.0. The molecule has 0 aliphatic heterocycles. The zero-order valence-corrected chi connectivity index (χ0v) is 18.5. The number of benzene rings is 1. The van der Waals surface area contributed by atoms with E-state index in [4.69, 9.17) is 0 Å². The van der Waals surface area contributed by atoms with Crippen LogP contribution in [0.4, 0.5) is 22.0 Å². The second-order valence-corrected chi connectivity index (χ2v) is 9.13. The van der Waals surface area contributed by atoms with Crippen LogP contribution in [0.3, 0.4) is 0 Å². The molecule has 2 aliphatic carbocycles. The van der Waals surface area contributed by atoms with Gasteiger partial charge in [-0.1, -0.05) is 37.7 Å². The van der Waals surface area contributed by atoms with E-state index in [0.29, 0.717) is 24.3 Å². The average Bonchev–Trinajstić information content (AvgIpc) is 2.75. The predicted molar refractivity (Wildman–Crippen MR) is 115 cm³/mol. The lowest BCUT2D eigenvalue weighted by Crippen LogP contribution is -2.19. The van der Waals surface area contributed by atoms with Gasteiger partial charge >= 0.3 is 6.36 Å². The van der Waals surface area contributed by atoms with Gasteiger partial charge < -0.3 is 4.74 Å². The number of alkyl halides is 3. The van der Waals surface area contributed by atoms with Gasteiger partial charge in [-0.25, -0.2) is 8.78 Å². The highest BCUT2D eigenvalue weighted by molar-refractivity contribution is 5.33. The Labute approximate surface area is 187 Å². The van der Waals surface area contributed by atoms with Crippen LogP contribution in [0.5, 0.6) is 5.75 Å². The van der Waals surface area contributed by atoms with Crippen molar-refractivity contribution in [3.63, 3.8) is 0 Å². The summed E-state index contributed by atoms with van der Waals surface area (Å²) in [7, 11) is 0. The molecule has 0 aromatic heterocycles. The summed E-state index contributed by atoms with van der Waals surface area (Å²) in [6, 6.07) is 1.91. The van der Waals surface area contributed by atoms with Gasteiger partial charge in [0.25, 0.3) is 0 Å². The Morgan fingerprint density at radius 3 is 2.16 bits per heavy atom. The Morgan fingerprint density at radius 1 is 0.969 bits per heavy atom. The fraction of sp³-hybridized carbons (Fsp3) is 0.615. The van der Waals surface area contributed by atoms with Crippen LogP contribution in [0, 0.1) is 41.2 Å². The fourth-order valence-electron chi connectivity index (χ4n) is 5.03. The summed E-state index contributed by atoms with van der Waals surface area (Å²) < 4.78 is 68.4. The van der Waals surface area contributed by atoms with Crippen molar-refractivity contribution in [3.8, 4) is 17.6 Å².